The number of fused-ring (bicyclic) bond motifs is 2. The predicted molar refractivity (Wildman–Crippen MR) is 60.7 cm³/mol. The van der Waals surface area contributed by atoms with Crippen LogP contribution in [-0.2, 0) is 5.54 Å². The van der Waals surface area contributed by atoms with E-state index in [0.29, 0.717) is 18.4 Å². The molecule has 3 rings (SSSR count). The number of nitrogens with zero attached hydrogens (tertiary/aromatic N) is 2. The Morgan fingerprint density at radius 2 is 2.11 bits per heavy atom. The summed E-state index contributed by atoms with van der Waals surface area (Å²) in [6, 6.07) is 2.36. The Morgan fingerprint density at radius 3 is 2.61 bits per heavy atom. The topological polar surface area (TPSA) is 111 Å². The molecule has 1 heterocycles. The van der Waals surface area contributed by atoms with Crippen molar-refractivity contribution < 1.29 is 15.2 Å². The third-order valence-electron chi connectivity index (χ3n) is 3.85. The Bertz CT molecular complexity index is 580. The molecule has 0 radical (unpaired) electrons. The van der Waals surface area contributed by atoms with Crippen LogP contribution in [0, 0.1) is 15.5 Å². The number of rotatable bonds is 1. The van der Waals surface area contributed by atoms with E-state index in [0.717, 1.165) is 17.6 Å². The standard InChI is InChI=1S/C11H11N3O4/c12-10-9-7(11(13(10)16)2-1-3-11)4-6(14(17)18)5-8(9)15/h4-5,12,15-16H,1-3H2. The smallest absolute Gasteiger partial charge is 0.273 e. The second kappa shape index (κ2) is 3.20. The zero-order valence-corrected chi connectivity index (χ0v) is 9.38. The molecule has 1 aliphatic heterocycles. The summed E-state index contributed by atoms with van der Waals surface area (Å²) >= 11 is 0. The molecule has 18 heavy (non-hydrogen) atoms. The van der Waals surface area contributed by atoms with Crippen molar-refractivity contribution in [2.45, 2.75) is 24.8 Å². The molecule has 2 aliphatic rings. The average molecular weight is 249 g/mol. The van der Waals surface area contributed by atoms with Gasteiger partial charge in [0.2, 0.25) is 0 Å². The van der Waals surface area contributed by atoms with E-state index in [1.807, 2.05) is 0 Å². The number of benzene rings is 1. The van der Waals surface area contributed by atoms with E-state index in [9.17, 15) is 20.4 Å². The third kappa shape index (κ3) is 1.09. The summed E-state index contributed by atoms with van der Waals surface area (Å²) in [5, 5.41) is 39.2. The summed E-state index contributed by atoms with van der Waals surface area (Å²) in [5.41, 5.74) is -0.299. The molecule has 0 unspecified atom stereocenters. The van der Waals surface area contributed by atoms with Crippen LogP contribution in [0.4, 0.5) is 5.69 Å². The Hall–Kier alpha value is -2.15. The second-order valence-corrected chi connectivity index (χ2v) is 4.69. The molecule has 1 aromatic carbocycles. The van der Waals surface area contributed by atoms with E-state index in [2.05, 4.69) is 0 Å². The van der Waals surface area contributed by atoms with Crippen molar-refractivity contribution in [3.63, 3.8) is 0 Å². The molecule has 0 saturated heterocycles. The first-order valence-corrected chi connectivity index (χ1v) is 5.57. The molecule has 94 valence electrons. The lowest BCUT2D eigenvalue weighted by molar-refractivity contribution is -0.385. The number of hydrogen-bond acceptors (Lipinski definition) is 5. The zero-order chi connectivity index (χ0) is 13.1. The van der Waals surface area contributed by atoms with Gasteiger partial charge in [0.25, 0.3) is 5.69 Å². The Kier molecular flexibility index (Phi) is 1.95. The summed E-state index contributed by atoms with van der Waals surface area (Å²) in [7, 11) is 0. The van der Waals surface area contributed by atoms with E-state index >= 15 is 0 Å². The van der Waals surface area contributed by atoms with Crippen molar-refractivity contribution in [2.24, 2.45) is 0 Å². The van der Waals surface area contributed by atoms with Crippen molar-refractivity contribution in [1.82, 2.24) is 5.06 Å². The van der Waals surface area contributed by atoms with Gasteiger partial charge in [-0.05, 0) is 19.3 Å². The molecule has 0 atom stereocenters. The van der Waals surface area contributed by atoms with Crippen LogP contribution in [-0.4, -0.2) is 26.1 Å². The molecule has 7 nitrogen and oxygen atoms in total. The van der Waals surface area contributed by atoms with Crippen molar-refractivity contribution in [2.75, 3.05) is 0 Å². The highest BCUT2D eigenvalue weighted by Crippen LogP contribution is 2.53. The summed E-state index contributed by atoms with van der Waals surface area (Å²) in [4.78, 5) is 10.2. The van der Waals surface area contributed by atoms with Crippen LogP contribution in [0.25, 0.3) is 0 Å². The van der Waals surface area contributed by atoms with Gasteiger partial charge in [-0.3, -0.25) is 20.7 Å². The first kappa shape index (κ1) is 11.0. The van der Waals surface area contributed by atoms with E-state index in [-0.39, 0.29) is 22.8 Å². The van der Waals surface area contributed by atoms with Crippen LogP contribution in [0.15, 0.2) is 12.1 Å². The minimum Gasteiger partial charge on any atom is -0.507 e. The van der Waals surface area contributed by atoms with Gasteiger partial charge < -0.3 is 5.11 Å². The van der Waals surface area contributed by atoms with Crippen LogP contribution in [0.5, 0.6) is 5.75 Å². The minimum absolute atomic E-state index is 0.197. The maximum atomic E-state index is 10.8. The lowest BCUT2D eigenvalue weighted by Crippen LogP contribution is -2.46. The van der Waals surface area contributed by atoms with Gasteiger partial charge in [0.05, 0.1) is 22.1 Å². The van der Waals surface area contributed by atoms with Gasteiger partial charge >= 0.3 is 0 Å². The molecule has 1 aliphatic carbocycles. The number of aromatic hydroxyl groups is 1. The molecule has 1 saturated carbocycles. The summed E-state index contributed by atoms with van der Waals surface area (Å²) in [6.45, 7) is 0. The lowest BCUT2D eigenvalue weighted by atomic mass is 9.72. The first-order valence-electron chi connectivity index (χ1n) is 5.57. The molecule has 0 amide bonds. The van der Waals surface area contributed by atoms with Gasteiger partial charge in [-0.2, -0.15) is 0 Å². The molecule has 0 bridgehead atoms. The summed E-state index contributed by atoms with van der Waals surface area (Å²) in [5.74, 6) is -0.524. The monoisotopic (exact) mass is 249 g/mol. The van der Waals surface area contributed by atoms with Crippen LogP contribution in [0.2, 0.25) is 0 Å². The molecule has 1 spiro atoms. The SMILES string of the molecule is N=C1c2c(O)cc([N+](=O)[O-])cc2C2(CCC2)N1O. The highest BCUT2D eigenvalue weighted by atomic mass is 16.6. The maximum Gasteiger partial charge on any atom is 0.273 e. The van der Waals surface area contributed by atoms with Gasteiger partial charge in [-0.1, -0.05) is 0 Å². The highest BCUT2D eigenvalue weighted by molar-refractivity contribution is 6.04. The zero-order valence-electron chi connectivity index (χ0n) is 9.38. The van der Waals surface area contributed by atoms with E-state index in [1.54, 1.807) is 0 Å². The Morgan fingerprint density at radius 1 is 1.44 bits per heavy atom. The van der Waals surface area contributed by atoms with E-state index < -0.39 is 10.5 Å². The molecule has 7 heteroatoms. The number of nitro benzene ring substituents is 1. The fourth-order valence-electron chi connectivity index (χ4n) is 2.76. The lowest BCUT2D eigenvalue weighted by Gasteiger charge is -2.43. The number of nitro groups is 1. The molecular formula is C11H11N3O4. The van der Waals surface area contributed by atoms with Gasteiger partial charge in [0, 0.05) is 11.6 Å². The van der Waals surface area contributed by atoms with Gasteiger partial charge in [0.15, 0.2) is 5.84 Å². The van der Waals surface area contributed by atoms with Crippen molar-refractivity contribution in [1.29, 1.82) is 5.41 Å². The Balaban J connectivity index is 2.26. The normalized spacial score (nSPS) is 19.8. The van der Waals surface area contributed by atoms with Crippen LogP contribution in [0.1, 0.15) is 30.4 Å². The predicted octanol–water partition coefficient (Wildman–Crippen LogP) is 1.71. The van der Waals surface area contributed by atoms with E-state index in [1.165, 1.54) is 6.07 Å². The summed E-state index contributed by atoms with van der Waals surface area (Å²) < 4.78 is 0. The van der Waals surface area contributed by atoms with Crippen molar-refractivity contribution in [3.05, 3.63) is 33.4 Å². The van der Waals surface area contributed by atoms with Crippen LogP contribution >= 0.6 is 0 Å². The van der Waals surface area contributed by atoms with Gasteiger partial charge in [-0.25, -0.2) is 5.06 Å². The number of nitrogens with one attached hydrogen (secondary N) is 1. The van der Waals surface area contributed by atoms with Crippen molar-refractivity contribution >= 4 is 11.5 Å². The van der Waals surface area contributed by atoms with Crippen LogP contribution < -0.4 is 0 Å². The first-order chi connectivity index (χ1) is 8.47. The highest BCUT2D eigenvalue weighted by Gasteiger charge is 2.53. The fourth-order valence-corrected chi connectivity index (χ4v) is 2.76. The quantitative estimate of drug-likeness (QED) is 0.518. The molecular weight excluding hydrogens is 238 g/mol. The number of amidine groups is 1. The fraction of sp³-hybridized carbons (Fsp3) is 0.364. The largest absolute Gasteiger partial charge is 0.507 e. The average Bonchev–Trinajstić information content (AvgIpc) is 2.48. The molecule has 1 fully saturated rings. The summed E-state index contributed by atoms with van der Waals surface area (Å²) in [6.07, 6.45) is 2.13. The minimum atomic E-state index is -0.754. The van der Waals surface area contributed by atoms with Crippen LogP contribution in [0.3, 0.4) is 0 Å². The number of phenols is 1. The number of hydrogen-bond donors (Lipinski definition) is 3. The number of phenolic OH excluding ortho intramolecular Hbond substituents is 1. The second-order valence-electron chi connectivity index (χ2n) is 4.69. The van der Waals surface area contributed by atoms with E-state index in [4.69, 9.17) is 5.41 Å². The van der Waals surface area contributed by atoms with Gasteiger partial charge in [0.1, 0.15) is 5.75 Å². The Labute approximate surface area is 102 Å². The molecule has 1 aromatic rings. The molecule has 3 N–H and O–H groups in total. The van der Waals surface area contributed by atoms with Crippen molar-refractivity contribution in [3.8, 4) is 5.75 Å². The van der Waals surface area contributed by atoms with Gasteiger partial charge in [-0.15, -0.1) is 0 Å². The maximum absolute atomic E-state index is 10.8. The number of non-ortho nitro benzene ring substituents is 1. The molecule has 0 aromatic heterocycles. The number of hydroxylamine groups is 2. The third-order valence-corrected chi connectivity index (χ3v) is 3.85.